The fourth-order valence-corrected chi connectivity index (χ4v) is 2.46. The number of rotatable bonds is 3. The van der Waals surface area contributed by atoms with Crippen LogP contribution in [0, 0.1) is 6.92 Å². The van der Waals surface area contributed by atoms with Crippen molar-refractivity contribution >= 4 is 56.3 Å². The molecule has 2 aromatic rings. The molecule has 0 unspecified atom stereocenters. The Bertz CT molecular complexity index is 734. The van der Waals surface area contributed by atoms with Gasteiger partial charge >= 0.3 is 0 Å². The van der Waals surface area contributed by atoms with Gasteiger partial charge in [-0.15, -0.1) is 0 Å². The molecule has 0 saturated carbocycles. The van der Waals surface area contributed by atoms with E-state index in [1.54, 1.807) is 30.3 Å². The molecule has 0 radical (unpaired) electrons. The Morgan fingerprint density at radius 2 is 2.00 bits per heavy atom. The Balaban J connectivity index is 2.31. The maximum Gasteiger partial charge on any atom is 0.255 e. The molecule has 3 nitrogen and oxygen atoms in total. The molecular weight excluding hydrogens is 372 g/mol. The van der Waals surface area contributed by atoms with E-state index in [1.807, 2.05) is 13.0 Å². The van der Waals surface area contributed by atoms with Crippen LogP contribution in [0.5, 0.6) is 0 Å². The number of amides is 1. The van der Waals surface area contributed by atoms with Gasteiger partial charge in [-0.1, -0.05) is 39.7 Å². The van der Waals surface area contributed by atoms with Crippen molar-refractivity contribution < 1.29 is 4.79 Å². The van der Waals surface area contributed by atoms with Gasteiger partial charge in [0.05, 0.1) is 5.69 Å². The van der Waals surface area contributed by atoms with Gasteiger partial charge in [-0.2, -0.15) is 0 Å². The van der Waals surface area contributed by atoms with Crippen molar-refractivity contribution in [3.63, 3.8) is 0 Å². The third-order valence-corrected chi connectivity index (χ3v) is 4.05. The van der Waals surface area contributed by atoms with Crippen molar-refractivity contribution in [1.29, 1.82) is 0 Å². The zero-order chi connectivity index (χ0) is 15.6. The Labute approximate surface area is 141 Å². The lowest BCUT2D eigenvalue weighted by molar-refractivity contribution is 0.102. The fourth-order valence-electron chi connectivity index (χ4n) is 1.81. The van der Waals surface area contributed by atoms with Crippen LogP contribution in [-0.2, 0) is 0 Å². The number of anilines is 1. The molecule has 0 bridgehead atoms. The highest BCUT2D eigenvalue weighted by Crippen LogP contribution is 2.22. The minimum Gasteiger partial charge on any atom is -0.389 e. The maximum absolute atomic E-state index is 12.3. The highest BCUT2D eigenvalue weighted by atomic mass is 79.9. The first-order valence-corrected chi connectivity index (χ1v) is 7.63. The molecule has 3 N–H and O–H groups in total. The summed E-state index contributed by atoms with van der Waals surface area (Å²) in [5.41, 5.74) is 8.23. The number of hydrogen-bond donors (Lipinski definition) is 2. The summed E-state index contributed by atoms with van der Waals surface area (Å²) in [5, 5.41) is 3.44. The van der Waals surface area contributed by atoms with Crippen LogP contribution in [0.15, 0.2) is 40.9 Å². The number of halogens is 2. The molecule has 0 aromatic heterocycles. The lowest BCUT2D eigenvalue weighted by Gasteiger charge is -2.11. The van der Waals surface area contributed by atoms with Crippen LogP contribution in [0.4, 0.5) is 5.69 Å². The molecule has 0 heterocycles. The summed E-state index contributed by atoms with van der Waals surface area (Å²) in [6, 6.07) is 10.4. The smallest absolute Gasteiger partial charge is 0.255 e. The molecule has 0 aliphatic heterocycles. The summed E-state index contributed by atoms with van der Waals surface area (Å²) in [6.45, 7) is 1.85. The zero-order valence-corrected chi connectivity index (χ0v) is 14.3. The van der Waals surface area contributed by atoms with Gasteiger partial charge < -0.3 is 11.1 Å². The minimum absolute atomic E-state index is 0.221. The van der Waals surface area contributed by atoms with Gasteiger partial charge in [-0.3, -0.25) is 4.79 Å². The average molecular weight is 384 g/mol. The number of nitrogens with one attached hydrogen (secondary N) is 1. The van der Waals surface area contributed by atoms with Crippen molar-refractivity contribution in [2.24, 2.45) is 5.73 Å². The predicted molar refractivity (Wildman–Crippen MR) is 94.2 cm³/mol. The van der Waals surface area contributed by atoms with Crippen molar-refractivity contribution in [3.8, 4) is 0 Å². The quantitative estimate of drug-likeness (QED) is 0.777. The van der Waals surface area contributed by atoms with E-state index in [0.29, 0.717) is 21.8 Å². The van der Waals surface area contributed by atoms with Gasteiger partial charge in [-0.25, -0.2) is 0 Å². The van der Waals surface area contributed by atoms with E-state index in [4.69, 9.17) is 29.6 Å². The van der Waals surface area contributed by atoms with Crippen molar-refractivity contribution in [1.82, 2.24) is 0 Å². The summed E-state index contributed by atoms with van der Waals surface area (Å²) >= 11 is 14.3. The van der Waals surface area contributed by atoms with Crippen LogP contribution >= 0.6 is 39.7 Å². The molecule has 108 valence electrons. The lowest BCUT2D eigenvalue weighted by Crippen LogP contribution is -2.17. The second-order valence-corrected chi connectivity index (χ2v) is 6.23. The third kappa shape index (κ3) is 3.81. The number of carbonyl (C=O) groups is 1. The van der Waals surface area contributed by atoms with Gasteiger partial charge in [0.15, 0.2) is 0 Å². The van der Waals surface area contributed by atoms with Crippen molar-refractivity contribution in [3.05, 3.63) is 62.6 Å². The van der Waals surface area contributed by atoms with E-state index in [9.17, 15) is 4.79 Å². The van der Waals surface area contributed by atoms with Gasteiger partial charge in [-0.05, 0) is 48.9 Å². The normalized spacial score (nSPS) is 10.2. The fraction of sp³-hybridized carbons (Fsp3) is 0.0667. The number of aryl methyl sites for hydroxylation is 1. The number of nitrogens with two attached hydrogens (primary N) is 1. The highest BCUT2D eigenvalue weighted by Gasteiger charge is 2.12. The molecule has 2 rings (SSSR count). The van der Waals surface area contributed by atoms with Gasteiger partial charge in [0.1, 0.15) is 4.99 Å². The Kier molecular flexibility index (Phi) is 4.98. The molecule has 0 aliphatic rings. The van der Waals surface area contributed by atoms with Gasteiger partial charge in [0, 0.05) is 20.6 Å². The topological polar surface area (TPSA) is 55.1 Å². The van der Waals surface area contributed by atoms with E-state index >= 15 is 0 Å². The second kappa shape index (κ2) is 6.56. The summed E-state index contributed by atoms with van der Waals surface area (Å²) < 4.78 is 0.839. The van der Waals surface area contributed by atoms with Crippen molar-refractivity contribution in [2.45, 2.75) is 6.92 Å². The monoisotopic (exact) mass is 382 g/mol. The summed E-state index contributed by atoms with van der Waals surface area (Å²) in [5.74, 6) is -0.241. The Morgan fingerprint density at radius 3 is 2.62 bits per heavy atom. The molecule has 1 amide bonds. The number of thiocarbonyl (C=S) groups is 1. The first kappa shape index (κ1) is 15.9. The van der Waals surface area contributed by atoms with E-state index in [1.165, 1.54) is 0 Å². The number of carbonyl (C=O) groups excluding carboxylic acids is 1. The van der Waals surface area contributed by atoms with Crippen LogP contribution in [0.2, 0.25) is 5.02 Å². The maximum atomic E-state index is 12.3. The second-order valence-electron chi connectivity index (χ2n) is 4.47. The predicted octanol–water partition coefficient (Wildman–Crippen LogP) is 4.30. The number of benzene rings is 2. The largest absolute Gasteiger partial charge is 0.389 e. The van der Waals surface area contributed by atoms with Crippen LogP contribution in [0.3, 0.4) is 0 Å². The van der Waals surface area contributed by atoms with Crippen LogP contribution in [-0.4, -0.2) is 10.9 Å². The van der Waals surface area contributed by atoms with E-state index < -0.39 is 0 Å². The molecular formula is C15H12BrClN2OS. The average Bonchev–Trinajstić information content (AvgIpc) is 2.43. The standard InChI is InChI=1S/C15H12BrClN2OS/c1-8-6-9(2-4-12(8)17)15(20)19-13-5-3-10(16)7-11(13)14(18)21/h2-7H,1H3,(H2,18,21)(H,19,20). The SMILES string of the molecule is Cc1cc(C(=O)Nc2ccc(Br)cc2C(N)=S)ccc1Cl. The molecule has 0 aliphatic carbocycles. The molecule has 6 heteroatoms. The first-order valence-electron chi connectivity index (χ1n) is 6.05. The van der Waals surface area contributed by atoms with Gasteiger partial charge in [0.25, 0.3) is 5.91 Å². The Morgan fingerprint density at radius 1 is 1.29 bits per heavy atom. The summed E-state index contributed by atoms with van der Waals surface area (Å²) in [6.07, 6.45) is 0. The molecule has 0 fully saturated rings. The van der Waals surface area contributed by atoms with E-state index in [-0.39, 0.29) is 10.9 Å². The van der Waals surface area contributed by atoms with Crippen molar-refractivity contribution in [2.75, 3.05) is 5.32 Å². The van der Waals surface area contributed by atoms with E-state index in [2.05, 4.69) is 21.2 Å². The van der Waals surface area contributed by atoms with Crippen LogP contribution in [0.25, 0.3) is 0 Å². The summed E-state index contributed by atoms with van der Waals surface area (Å²) in [7, 11) is 0. The summed E-state index contributed by atoms with van der Waals surface area (Å²) in [4.78, 5) is 12.5. The molecule has 0 atom stereocenters. The van der Waals surface area contributed by atoms with E-state index in [0.717, 1.165) is 10.0 Å². The molecule has 2 aromatic carbocycles. The molecule has 0 spiro atoms. The molecule has 21 heavy (non-hydrogen) atoms. The zero-order valence-electron chi connectivity index (χ0n) is 11.1. The minimum atomic E-state index is -0.241. The van der Waals surface area contributed by atoms with Crippen LogP contribution < -0.4 is 11.1 Å². The highest BCUT2D eigenvalue weighted by molar-refractivity contribution is 9.10. The van der Waals surface area contributed by atoms with Crippen LogP contribution in [0.1, 0.15) is 21.5 Å². The lowest BCUT2D eigenvalue weighted by atomic mass is 10.1. The first-order chi connectivity index (χ1) is 9.88. The molecule has 0 saturated heterocycles. The number of hydrogen-bond acceptors (Lipinski definition) is 2. The Hall–Kier alpha value is -1.43. The van der Waals surface area contributed by atoms with Gasteiger partial charge in [0.2, 0.25) is 0 Å². The third-order valence-electron chi connectivity index (χ3n) is 2.92.